The van der Waals surface area contributed by atoms with Gasteiger partial charge in [-0.15, -0.1) is 0 Å². The molecule has 0 aliphatic carbocycles. The average Bonchev–Trinajstić information content (AvgIpc) is 2.39. The molecule has 0 amide bonds. The van der Waals surface area contributed by atoms with Gasteiger partial charge in [-0.3, -0.25) is 4.98 Å². The molecule has 0 radical (unpaired) electrons. The van der Waals surface area contributed by atoms with Crippen LogP contribution in [0.1, 0.15) is 11.1 Å². The van der Waals surface area contributed by atoms with E-state index in [0.29, 0.717) is 5.56 Å². The van der Waals surface area contributed by atoms with Gasteiger partial charge in [0.2, 0.25) is 0 Å². The number of hydrogen-bond acceptors (Lipinski definition) is 3. The van der Waals surface area contributed by atoms with E-state index >= 15 is 0 Å². The lowest BCUT2D eigenvalue weighted by atomic mass is 10.1. The van der Waals surface area contributed by atoms with Crippen molar-refractivity contribution in [2.45, 2.75) is 6.92 Å². The van der Waals surface area contributed by atoms with Gasteiger partial charge in [-0.05, 0) is 24.6 Å². The molecule has 1 aromatic carbocycles. The fourth-order valence-corrected chi connectivity index (χ4v) is 1.50. The number of aromatic nitrogens is 1. The van der Waals surface area contributed by atoms with Gasteiger partial charge in [-0.2, -0.15) is 5.26 Å². The lowest BCUT2D eigenvalue weighted by Gasteiger charge is -2.10. The zero-order valence-corrected chi connectivity index (χ0v) is 9.54. The number of rotatable bonds is 2. The number of anilines is 2. The van der Waals surface area contributed by atoms with Crippen LogP contribution in [0.4, 0.5) is 20.2 Å². The topological polar surface area (TPSA) is 48.7 Å². The second-order valence-electron chi connectivity index (χ2n) is 3.71. The Hall–Kier alpha value is -2.48. The summed E-state index contributed by atoms with van der Waals surface area (Å²) in [6, 6.07) is 5.91. The van der Waals surface area contributed by atoms with Gasteiger partial charge in [-0.1, -0.05) is 6.07 Å². The van der Waals surface area contributed by atoms with E-state index < -0.39 is 11.6 Å². The number of nitrogens with zero attached hydrogens (tertiary/aromatic N) is 2. The van der Waals surface area contributed by atoms with Crippen molar-refractivity contribution in [2.75, 3.05) is 5.32 Å². The SMILES string of the molecule is Cc1ccc(F)c(Nc2cnccc2C#N)c1F. The normalized spacial score (nSPS) is 9.89. The summed E-state index contributed by atoms with van der Waals surface area (Å²) in [6.07, 6.45) is 2.78. The molecule has 0 aliphatic rings. The van der Waals surface area contributed by atoms with Crippen LogP contribution in [0, 0.1) is 29.9 Å². The predicted octanol–water partition coefficient (Wildman–Crippen LogP) is 3.28. The Bertz CT molecular complexity index is 633. The lowest BCUT2D eigenvalue weighted by Crippen LogP contribution is -2.01. The van der Waals surface area contributed by atoms with Crippen molar-refractivity contribution in [1.29, 1.82) is 5.26 Å². The lowest BCUT2D eigenvalue weighted by molar-refractivity contribution is 0.585. The third-order valence-electron chi connectivity index (χ3n) is 2.49. The van der Waals surface area contributed by atoms with Gasteiger partial charge in [0.15, 0.2) is 5.82 Å². The van der Waals surface area contributed by atoms with Crippen molar-refractivity contribution >= 4 is 11.4 Å². The van der Waals surface area contributed by atoms with Crippen LogP contribution in [0.25, 0.3) is 0 Å². The van der Waals surface area contributed by atoms with Crippen LogP contribution in [0.2, 0.25) is 0 Å². The number of aryl methyl sites for hydroxylation is 1. The quantitative estimate of drug-likeness (QED) is 0.883. The van der Waals surface area contributed by atoms with E-state index in [2.05, 4.69) is 10.3 Å². The summed E-state index contributed by atoms with van der Waals surface area (Å²) in [6.45, 7) is 1.54. The van der Waals surface area contributed by atoms with Crippen LogP contribution in [-0.2, 0) is 0 Å². The largest absolute Gasteiger partial charge is 0.348 e. The fraction of sp³-hybridized carbons (Fsp3) is 0.0769. The minimum Gasteiger partial charge on any atom is -0.348 e. The zero-order chi connectivity index (χ0) is 13.1. The van der Waals surface area contributed by atoms with Gasteiger partial charge >= 0.3 is 0 Å². The molecule has 2 aromatic rings. The molecule has 0 saturated carbocycles. The highest BCUT2D eigenvalue weighted by molar-refractivity contribution is 5.66. The molecule has 0 spiro atoms. The molecule has 0 aliphatic heterocycles. The van der Waals surface area contributed by atoms with Crippen LogP contribution in [0.5, 0.6) is 0 Å². The van der Waals surface area contributed by atoms with E-state index in [9.17, 15) is 8.78 Å². The highest BCUT2D eigenvalue weighted by Crippen LogP contribution is 2.26. The molecule has 5 heteroatoms. The Kier molecular flexibility index (Phi) is 3.20. The fourth-order valence-electron chi connectivity index (χ4n) is 1.50. The van der Waals surface area contributed by atoms with Gasteiger partial charge in [0.05, 0.1) is 17.4 Å². The monoisotopic (exact) mass is 245 g/mol. The van der Waals surface area contributed by atoms with Gasteiger partial charge in [0.25, 0.3) is 0 Å². The summed E-state index contributed by atoms with van der Waals surface area (Å²) in [4.78, 5) is 3.81. The Morgan fingerprint density at radius 3 is 2.78 bits per heavy atom. The Labute approximate surface area is 103 Å². The van der Waals surface area contributed by atoms with E-state index in [1.807, 2.05) is 6.07 Å². The molecule has 0 bridgehead atoms. The molecule has 1 N–H and O–H groups in total. The molecular weight excluding hydrogens is 236 g/mol. The first-order valence-corrected chi connectivity index (χ1v) is 5.19. The summed E-state index contributed by atoms with van der Waals surface area (Å²) < 4.78 is 27.3. The second kappa shape index (κ2) is 4.80. The molecule has 1 heterocycles. The number of hydrogen-bond donors (Lipinski definition) is 1. The maximum atomic E-state index is 13.8. The van der Waals surface area contributed by atoms with Gasteiger partial charge in [0.1, 0.15) is 17.6 Å². The standard InChI is InChI=1S/C13H9F2N3/c1-8-2-3-10(14)13(12(8)15)18-11-7-17-5-4-9(11)6-16/h2-5,7,18H,1H3. The molecule has 0 unspecified atom stereocenters. The first-order valence-electron chi connectivity index (χ1n) is 5.19. The number of pyridine rings is 1. The van der Waals surface area contributed by atoms with Crippen LogP contribution >= 0.6 is 0 Å². The highest BCUT2D eigenvalue weighted by atomic mass is 19.1. The Balaban J connectivity index is 2.47. The summed E-state index contributed by atoms with van der Waals surface area (Å²) >= 11 is 0. The molecule has 1 aromatic heterocycles. The van der Waals surface area contributed by atoms with Crippen LogP contribution in [0.3, 0.4) is 0 Å². The summed E-state index contributed by atoms with van der Waals surface area (Å²) in [7, 11) is 0. The van der Waals surface area contributed by atoms with E-state index in [0.717, 1.165) is 0 Å². The summed E-state index contributed by atoms with van der Waals surface area (Å²) in [5.41, 5.74) is 0.578. The van der Waals surface area contributed by atoms with Crippen molar-refractivity contribution in [3.8, 4) is 6.07 Å². The smallest absolute Gasteiger partial charge is 0.152 e. The minimum absolute atomic E-state index is 0.267. The number of nitriles is 1. The van der Waals surface area contributed by atoms with E-state index in [1.54, 1.807) is 0 Å². The Morgan fingerprint density at radius 2 is 2.06 bits per heavy atom. The number of nitrogens with one attached hydrogen (secondary N) is 1. The molecule has 0 atom stereocenters. The maximum absolute atomic E-state index is 13.8. The van der Waals surface area contributed by atoms with Crippen LogP contribution in [0.15, 0.2) is 30.6 Å². The van der Waals surface area contributed by atoms with Gasteiger partial charge < -0.3 is 5.32 Å². The first-order chi connectivity index (χ1) is 8.63. The van der Waals surface area contributed by atoms with Crippen LogP contribution < -0.4 is 5.32 Å². The van der Waals surface area contributed by atoms with E-state index in [1.165, 1.54) is 37.5 Å². The average molecular weight is 245 g/mol. The summed E-state index contributed by atoms with van der Waals surface area (Å²) in [5.74, 6) is -1.39. The van der Waals surface area contributed by atoms with Gasteiger partial charge in [-0.25, -0.2) is 8.78 Å². The van der Waals surface area contributed by atoms with Crippen molar-refractivity contribution in [2.24, 2.45) is 0 Å². The molecule has 18 heavy (non-hydrogen) atoms. The van der Waals surface area contributed by atoms with Crippen molar-refractivity contribution in [3.63, 3.8) is 0 Å². The van der Waals surface area contributed by atoms with Crippen molar-refractivity contribution in [1.82, 2.24) is 4.98 Å². The Morgan fingerprint density at radius 1 is 1.28 bits per heavy atom. The number of halogens is 2. The van der Waals surface area contributed by atoms with Crippen LogP contribution in [-0.4, -0.2) is 4.98 Å². The maximum Gasteiger partial charge on any atom is 0.152 e. The minimum atomic E-state index is -0.717. The zero-order valence-electron chi connectivity index (χ0n) is 9.54. The molecule has 0 saturated heterocycles. The second-order valence-corrected chi connectivity index (χ2v) is 3.71. The van der Waals surface area contributed by atoms with Gasteiger partial charge in [0, 0.05) is 6.20 Å². The molecule has 0 fully saturated rings. The highest BCUT2D eigenvalue weighted by Gasteiger charge is 2.13. The molecular formula is C13H9F2N3. The predicted molar refractivity (Wildman–Crippen MR) is 63.3 cm³/mol. The number of benzene rings is 1. The summed E-state index contributed by atoms with van der Waals surface area (Å²) in [5, 5.41) is 11.5. The van der Waals surface area contributed by atoms with Crippen molar-refractivity contribution in [3.05, 3.63) is 53.4 Å². The third-order valence-corrected chi connectivity index (χ3v) is 2.49. The third kappa shape index (κ3) is 2.13. The first kappa shape index (κ1) is 12.0. The van der Waals surface area contributed by atoms with E-state index in [4.69, 9.17) is 5.26 Å². The van der Waals surface area contributed by atoms with E-state index in [-0.39, 0.29) is 16.9 Å². The van der Waals surface area contributed by atoms with Crippen molar-refractivity contribution < 1.29 is 8.78 Å². The molecule has 2 rings (SSSR count). The molecule has 90 valence electrons. The molecule has 3 nitrogen and oxygen atoms in total.